The van der Waals surface area contributed by atoms with E-state index in [1.807, 2.05) is 56.4 Å². The van der Waals surface area contributed by atoms with Gasteiger partial charge >= 0.3 is 5.97 Å². The van der Waals surface area contributed by atoms with E-state index in [2.05, 4.69) is 11.1 Å². The van der Waals surface area contributed by atoms with Crippen molar-refractivity contribution in [3.63, 3.8) is 0 Å². The maximum Gasteiger partial charge on any atom is 0.363 e. The van der Waals surface area contributed by atoms with Crippen LogP contribution in [0.2, 0.25) is 0 Å². The van der Waals surface area contributed by atoms with Gasteiger partial charge in [0.25, 0.3) is 0 Å². The minimum atomic E-state index is -0.491. The van der Waals surface area contributed by atoms with Crippen LogP contribution in [0.1, 0.15) is 22.5 Å². The molecule has 0 radical (unpaired) electrons. The van der Waals surface area contributed by atoms with E-state index in [9.17, 15) is 4.79 Å². The van der Waals surface area contributed by atoms with Crippen LogP contribution in [0, 0.1) is 18.3 Å². The van der Waals surface area contributed by atoms with Crippen molar-refractivity contribution in [3.05, 3.63) is 76.7 Å². The van der Waals surface area contributed by atoms with Gasteiger partial charge in [-0.15, -0.1) is 0 Å². The largest absolute Gasteiger partial charge is 0.402 e. The Morgan fingerprint density at radius 3 is 2.65 bits per heavy atom. The first-order valence-electron chi connectivity index (χ1n) is 8.15. The van der Waals surface area contributed by atoms with Gasteiger partial charge in [0, 0.05) is 18.3 Å². The highest BCUT2D eigenvalue weighted by Crippen LogP contribution is 2.24. The van der Waals surface area contributed by atoms with Crippen LogP contribution in [0.3, 0.4) is 0 Å². The van der Waals surface area contributed by atoms with Crippen molar-refractivity contribution in [2.24, 2.45) is 12.0 Å². The summed E-state index contributed by atoms with van der Waals surface area (Å²) >= 11 is 0. The zero-order valence-electron chi connectivity index (χ0n) is 14.4. The predicted octanol–water partition coefficient (Wildman–Crippen LogP) is 3.70. The van der Waals surface area contributed by atoms with Crippen molar-refractivity contribution < 1.29 is 9.53 Å². The van der Waals surface area contributed by atoms with Crippen molar-refractivity contribution in [2.75, 3.05) is 0 Å². The van der Waals surface area contributed by atoms with Crippen LogP contribution in [0.5, 0.6) is 0 Å². The molecule has 26 heavy (non-hydrogen) atoms. The van der Waals surface area contributed by atoms with Crippen LogP contribution < -0.4 is 0 Å². The van der Waals surface area contributed by atoms with Gasteiger partial charge < -0.3 is 9.30 Å². The standard InChI is InChI=1S/C21H15N3O2/c1-13-17(10-18(12-22)24(13)2)11-19-21(25)26-20(23-19)16-8-7-14-5-3-4-6-15(14)9-16/h3-11H,1-2H3/b19-11+. The molecule has 0 atom stereocenters. The number of rotatable bonds is 2. The third-order valence-electron chi connectivity index (χ3n) is 4.60. The van der Waals surface area contributed by atoms with Crippen molar-refractivity contribution in [1.82, 2.24) is 4.57 Å². The fourth-order valence-corrected chi connectivity index (χ4v) is 2.98. The summed E-state index contributed by atoms with van der Waals surface area (Å²) in [6, 6.07) is 17.6. The zero-order valence-corrected chi connectivity index (χ0v) is 14.4. The fourth-order valence-electron chi connectivity index (χ4n) is 2.98. The molecule has 0 aliphatic carbocycles. The molecule has 2 heterocycles. The molecule has 0 fully saturated rings. The van der Waals surface area contributed by atoms with E-state index < -0.39 is 5.97 Å². The fraction of sp³-hybridized carbons (Fsp3) is 0.0952. The highest BCUT2D eigenvalue weighted by Gasteiger charge is 2.25. The van der Waals surface area contributed by atoms with Crippen LogP contribution >= 0.6 is 0 Å². The van der Waals surface area contributed by atoms with Gasteiger partial charge in [-0.3, -0.25) is 0 Å². The van der Waals surface area contributed by atoms with E-state index in [1.165, 1.54) is 0 Å². The summed E-state index contributed by atoms with van der Waals surface area (Å²) in [4.78, 5) is 16.6. The Labute approximate surface area is 150 Å². The molecule has 5 heteroatoms. The van der Waals surface area contributed by atoms with Crippen LogP contribution in [0.15, 0.2) is 59.2 Å². The Bertz CT molecular complexity index is 1160. The van der Waals surface area contributed by atoms with Crippen molar-refractivity contribution in [1.29, 1.82) is 5.26 Å². The summed E-state index contributed by atoms with van der Waals surface area (Å²) < 4.78 is 7.13. The first-order chi connectivity index (χ1) is 12.6. The number of aromatic nitrogens is 1. The number of hydrogen-bond acceptors (Lipinski definition) is 4. The second kappa shape index (κ2) is 6.01. The van der Waals surface area contributed by atoms with Crippen LogP contribution in [0.4, 0.5) is 0 Å². The number of nitriles is 1. The molecule has 1 aromatic heterocycles. The van der Waals surface area contributed by atoms with Gasteiger partial charge in [-0.2, -0.15) is 5.26 Å². The number of ether oxygens (including phenoxy) is 1. The minimum absolute atomic E-state index is 0.228. The Morgan fingerprint density at radius 2 is 1.92 bits per heavy atom. The number of nitrogens with zero attached hydrogens (tertiary/aromatic N) is 3. The van der Waals surface area contributed by atoms with Gasteiger partial charge in [-0.05, 0) is 47.5 Å². The summed E-state index contributed by atoms with van der Waals surface area (Å²) in [5.41, 5.74) is 3.17. The third-order valence-corrected chi connectivity index (χ3v) is 4.60. The highest BCUT2D eigenvalue weighted by molar-refractivity contribution is 6.13. The molecule has 2 aromatic carbocycles. The summed E-state index contributed by atoms with van der Waals surface area (Å²) in [6.07, 6.45) is 1.66. The molecule has 0 spiro atoms. The Kier molecular flexibility index (Phi) is 3.67. The average Bonchev–Trinajstić information content (AvgIpc) is 3.16. The molecule has 3 aromatic rings. The molecular formula is C21H15N3O2. The molecular weight excluding hydrogens is 326 g/mol. The molecule has 5 nitrogen and oxygen atoms in total. The molecule has 0 saturated heterocycles. The second-order valence-electron chi connectivity index (χ2n) is 6.14. The SMILES string of the molecule is Cc1c(/C=C2/N=C(c3ccc4ccccc4c3)OC2=O)cc(C#N)n1C. The highest BCUT2D eigenvalue weighted by atomic mass is 16.6. The van der Waals surface area contributed by atoms with Gasteiger partial charge in [0.05, 0.1) is 0 Å². The van der Waals surface area contributed by atoms with Gasteiger partial charge in [-0.1, -0.05) is 30.3 Å². The summed E-state index contributed by atoms with van der Waals surface area (Å²) in [6.45, 7) is 1.89. The maximum absolute atomic E-state index is 12.2. The zero-order chi connectivity index (χ0) is 18.3. The lowest BCUT2D eigenvalue weighted by atomic mass is 10.1. The van der Waals surface area contributed by atoms with Crippen LogP contribution in [0.25, 0.3) is 16.8 Å². The molecule has 0 saturated carbocycles. The molecule has 0 bridgehead atoms. The van der Waals surface area contributed by atoms with Gasteiger partial charge in [0.15, 0.2) is 5.70 Å². The summed E-state index contributed by atoms with van der Waals surface area (Å²) in [5.74, 6) is -0.198. The molecule has 1 aliphatic heterocycles. The Balaban J connectivity index is 1.74. The van der Waals surface area contributed by atoms with Gasteiger partial charge in [0.1, 0.15) is 11.8 Å². The van der Waals surface area contributed by atoms with Crippen LogP contribution in [-0.2, 0) is 16.6 Å². The quantitative estimate of drug-likeness (QED) is 0.527. The number of benzene rings is 2. The van der Waals surface area contributed by atoms with E-state index in [0.717, 1.165) is 27.6 Å². The van der Waals surface area contributed by atoms with Crippen LogP contribution in [-0.4, -0.2) is 16.4 Å². The first kappa shape index (κ1) is 15.9. The predicted molar refractivity (Wildman–Crippen MR) is 99.4 cm³/mol. The number of hydrogen-bond donors (Lipinski definition) is 0. The second-order valence-corrected chi connectivity index (χ2v) is 6.14. The minimum Gasteiger partial charge on any atom is -0.402 e. The smallest absolute Gasteiger partial charge is 0.363 e. The monoisotopic (exact) mass is 341 g/mol. The summed E-state index contributed by atoms with van der Waals surface area (Å²) in [5, 5.41) is 11.3. The molecule has 1 aliphatic rings. The Hall–Kier alpha value is -3.65. The number of carbonyl (C=O) groups excluding carboxylic acids is 1. The Morgan fingerprint density at radius 1 is 1.15 bits per heavy atom. The normalized spacial score (nSPS) is 15.2. The third kappa shape index (κ3) is 2.58. The lowest BCUT2D eigenvalue weighted by molar-refractivity contribution is -0.129. The van der Waals surface area contributed by atoms with Crippen molar-refractivity contribution in [2.45, 2.75) is 6.92 Å². The maximum atomic E-state index is 12.2. The number of fused-ring (bicyclic) bond motifs is 1. The van der Waals surface area contributed by atoms with E-state index in [-0.39, 0.29) is 5.70 Å². The number of esters is 1. The lowest BCUT2D eigenvalue weighted by Crippen LogP contribution is -2.05. The molecule has 4 rings (SSSR count). The van der Waals surface area contributed by atoms with E-state index in [4.69, 9.17) is 10.00 Å². The van der Waals surface area contributed by atoms with Gasteiger partial charge in [-0.25, -0.2) is 9.79 Å². The molecule has 0 unspecified atom stereocenters. The van der Waals surface area contributed by atoms with Gasteiger partial charge in [0.2, 0.25) is 5.90 Å². The number of carbonyl (C=O) groups is 1. The number of aliphatic imine (C=N–C) groups is 1. The van der Waals surface area contributed by atoms with E-state index in [0.29, 0.717) is 11.6 Å². The summed E-state index contributed by atoms with van der Waals surface area (Å²) in [7, 11) is 1.81. The van der Waals surface area contributed by atoms with E-state index >= 15 is 0 Å². The molecule has 126 valence electrons. The molecule has 0 amide bonds. The van der Waals surface area contributed by atoms with Crippen molar-refractivity contribution >= 4 is 28.7 Å². The lowest BCUT2D eigenvalue weighted by Gasteiger charge is -2.02. The average molecular weight is 341 g/mol. The van der Waals surface area contributed by atoms with Crippen molar-refractivity contribution in [3.8, 4) is 6.07 Å². The number of cyclic esters (lactones) is 1. The molecule has 0 N–H and O–H groups in total. The first-order valence-corrected chi connectivity index (χ1v) is 8.15. The topological polar surface area (TPSA) is 67.4 Å². The van der Waals surface area contributed by atoms with E-state index in [1.54, 1.807) is 16.7 Å².